The van der Waals surface area contributed by atoms with Gasteiger partial charge in [0.25, 0.3) is 11.8 Å². The molecule has 3 aromatic heterocycles. The molecule has 4 heterocycles. The van der Waals surface area contributed by atoms with Crippen LogP contribution in [0.25, 0.3) is 16.5 Å². The number of nitrogens with zero attached hydrogens (tertiary/aromatic N) is 3. The molecular weight excluding hydrogens is 432 g/mol. The zero-order chi connectivity index (χ0) is 24.1. The Bertz CT molecular complexity index is 1420. The number of carbonyl (C=O) groups is 2. The molecule has 0 bridgehead atoms. The van der Waals surface area contributed by atoms with Crippen molar-refractivity contribution in [2.24, 2.45) is 0 Å². The largest absolute Gasteiger partial charge is 0.460 e. The van der Waals surface area contributed by atoms with Crippen LogP contribution >= 0.6 is 0 Å². The van der Waals surface area contributed by atoms with E-state index in [1.54, 1.807) is 49.1 Å². The van der Waals surface area contributed by atoms with E-state index in [1.807, 2.05) is 17.9 Å². The Morgan fingerprint density at radius 2 is 1.88 bits per heavy atom. The highest BCUT2D eigenvalue weighted by Crippen LogP contribution is 2.35. The van der Waals surface area contributed by atoms with Gasteiger partial charge in [0.2, 0.25) is 0 Å². The van der Waals surface area contributed by atoms with Gasteiger partial charge < -0.3 is 19.4 Å². The Morgan fingerprint density at radius 3 is 2.59 bits per heavy atom. The lowest BCUT2D eigenvalue weighted by Crippen LogP contribution is -2.38. The Balaban J connectivity index is 1.52. The summed E-state index contributed by atoms with van der Waals surface area (Å²) in [6, 6.07) is 7.61. The highest BCUT2D eigenvalue weighted by atomic mass is 16.5. The molecule has 2 amide bonds. The van der Waals surface area contributed by atoms with E-state index in [2.05, 4.69) is 24.3 Å². The van der Waals surface area contributed by atoms with Crippen molar-refractivity contribution in [2.75, 3.05) is 7.05 Å². The second kappa shape index (κ2) is 8.20. The Hall–Kier alpha value is -3.81. The maximum atomic E-state index is 13.4. The first kappa shape index (κ1) is 22.0. The van der Waals surface area contributed by atoms with Crippen molar-refractivity contribution in [3.05, 3.63) is 59.1 Å². The second-order valence-corrected chi connectivity index (χ2v) is 9.02. The molecule has 8 heteroatoms. The number of fused-ring (bicyclic) bond motifs is 2. The zero-order valence-electron chi connectivity index (χ0n) is 20.0. The number of hydrogen-bond donors (Lipinski definition) is 1. The molecule has 1 aliphatic heterocycles. The standard InChI is InChI=1S/C26H28N4O4/c1-14-6-7-15(2)30(14)26(32)20-13-29-24(16(20)3)21(10-11-28-29)34-18-8-9-19-22(12-18)33-17(4)23(19)25(31)27-5/h8-15H,6-7H2,1-5H3,(H,27,31)/t14-,15+. The summed E-state index contributed by atoms with van der Waals surface area (Å²) in [7, 11) is 1.59. The van der Waals surface area contributed by atoms with E-state index in [4.69, 9.17) is 9.15 Å². The van der Waals surface area contributed by atoms with E-state index in [1.165, 1.54) is 0 Å². The number of hydrogen-bond acceptors (Lipinski definition) is 5. The average molecular weight is 461 g/mol. The zero-order valence-corrected chi connectivity index (χ0v) is 20.0. The van der Waals surface area contributed by atoms with Crippen LogP contribution < -0.4 is 10.1 Å². The fraction of sp³-hybridized carbons (Fsp3) is 0.346. The maximum Gasteiger partial charge on any atom is 0.256 e. The van der Waals surface area contributed by atoms with Crippen LogP contribution in [0, 0.1) is 13.8 Å². The van der Waals surface area contributed by atoms with Gasteiger partial charge in [-0.25, -0.2) is 4.52 Å². The van der Waals surface area contributed by atoms with Crippen molar-refractivity contribution in [2.45, 2.75) is 52.6 Å². The molecule has 2 atom stereocenters. The first-order valence-electron chi connectivity index (χ1n) is 11.5. The van der Waals surface area contributed by atoms with Crippen LogP contribution in [0.1, 0.15) is 58.7 Å². The molecule has 8 nitrogen and oxygen atoms in total. The van der Waals surface area contributed by atoms with Gasteiger partial charge in [0, 0.05) is 42.8 Å². The Morgan fingerprint density at radius 1 is 1.15 bits per heavy atom. The van der Waals surface area contributed by atoms with Crippen molar-refractivity contribution < 1.29 is 18.7 Å². The van der Waals surface area contributed by atoms with Gasteiger partial charge in [-0.2, -0.15) is 5.10 Å². The molecule has 1 aliphatic rings. The fourth-order valence-corrected chi connectivity index (χ4v) is 5.05. The third-order valence-corrected chi connectivity index (χ3v) is 6.83. The smallest absolute Gasteiger partial charge is 0.256 e. The van der Waals surface area contributed by atoms with Crippen molar-refractivity contribution in [1.29, 1.82) is 0 Å². The quantitative estimate of drug-likeness (QED) is 0.470. The lowest BCUT2D eigenvalue weighted by Gasteiger charge is -2.26. The highest BCUT2D eigenvalue weighted by Gasteiger charge is 2.33. The summed E-state index contributed by atoms with van der Waals surface area (Å²) in [6.07, 6.45) is 5.47. The van der Waals surface area contributed by atoms with E-state index in [9.17, 15) is 9.59 Å². The van der Waals surface area contributed by atoms with E-state index >= 15 is 0 Å². The summed E-state index contributed by atoms with van der Waals surface area (Å²) < 4.78 is 13.7. The molecule has 0 saturated carbocycles. The van der Waals surface area contributed by atoms with Crippen LogP contribution in [0.15, 0.2) is 41.1 Å². The highest BCUT2D eigenvalue weighted by molar-refractivity contribution is 6.07. The van der Waals surface area contributed by atoms with Gasteiger partial charge in [0.05, 0.1) is 17.3 Å². The fourth-order valence-electron chi connectivity index (χ4n) is 5.05. The molecule has 5 rings (SSSR count). The topological polar surface area (TPSA) is 89.1 Å². The summed E-state index contributed by atoms with van der Waals surface area (Å²) >= 11 is 0. The maximum absolute atomic E-state index is 13.4. The second-order valence-electron chi connectivity index (χ2n) is 9.02. The predicted octanol–water partition coefficient (Wildman–Crippen LogP) is 4.86. The van der Waals surface area contributed by atoms with Crippen molar-refractivity contribution in [3.8, 4) is 11.5 Å². The lowest BCUT2D eigenvalue weighted by molar-refractivity contribution is 0.0692. The first-order chi connectivity index (χ1) is 16.3. The number of carbonyl (C=O) groups excluding carboxylic acids is 2. The van der Waals surface area contributed by atoms with Gasteiger partial charge in [-0.15, -0.1) is 0 Å². The van der Waals surface area contributed by atoms with Gasteiger partial charge in [-0.05, 0) is 58.2 Å². The number of likely N-dealkylation sites (tertiary alicyclic amines) is 1. The number of nitrogens with one attached hydrogen (secondary N) is 1. The van der Waals surface area contributed by atoms with E-state index in [0.29, 0.717) is 34.0 Å². The van der Waals surface area contributed by atoms with Crippen molar-refractivity contribution in [3.63, 3.8) is 0 Å². The number of aromatic nitrogens is 2. The number of ether oxygens (including phenoxy) is 1. The average Bonchev–Trinajstić information content (AvgIpc) is 3.45. The van der Waals surface area contributed by atoms with Crippen molar-refractivity contribution in [1.82, 2.24) is 19.8 Å². The third kappa shape index (κ3) is 3.41. The SMILES string of the molecule is CNC(=O)c1c(C)oc2cc(Oc3ccnn4cc(C(=O)N5[C@H](C)CC[C@@H]5C)c(C)c34)ccc12. The van der Waals surface area contributed by atoms with E-state index < -0.39 is 0 Å². The van der Waals surface area contributed by atoms with Gasteiger partial charge in [0.1, 0.15) is 22.6 Å². The summed E-state index contributed by atoms with van der Waals surface area (Å²) in [6.45, 7) is 7.89. The molecule has 1 N–H and O–H groups in total. The Kier molecular flexibility index (Phi) is 5.31. The molecule has 1 saturated heterocycles. The minimum atomic E-state index is -0.191. The first-order valence-corrected chi connectivity index (χ1v) is 11.5. The normalized spacial score (nSPS) is 18.1. The molecule has 1 fully saturated rings. The van der Waals surface area contributed by atoms with Crippen LogP contribution in [0.5, 0.6) is 11.5 Å². The lowest BCUT2D eigenvalue weighted by atomic mass is 10.1. The van der Waals surface area contributed by atoms with Crippen LogP contribution in [-0.4, -0.2) is 45.5 Å². The predicted molar refractivity (Wildman–Crippen MR) is 129 cm³/mol. The molecule has 0 unspecified atom stereocenters. The molecule has 1 aromatic carbocycles. The molecule has 0 radical (unpaired) electrons. The summed E-state index contributed by atoms with van der Waals surface area (Å²) in [5, 5.41) is 7.78. The van der Waals surface area contributed by atoms with Crippen LogP contribution in [0.3, 0.4) is 0 Å². The molecular formula is C26H28N4O4. The van der Waals surface area contributed by atoms with Gasteiger partial charge >= 0.3 is 0 Å². The van der Waals surface area contributed by atoms with E-state index in [0.717, 1.165) is 29.3 Å². The molecule has 34 heavy (non-hydrogen) atoms. The van der Waals surface area contributed by atoms with Crippen LogP contribution in [0.4, 0.5) is 0 Å². The monoisotopic (exact) mass is 460 g/mol. The summed E-state index contributed by atoms with van der Waals surface area (Å²) in [5.74, 6) is 1.54. The van der Waals surface area contributed by atoms with E-state index in [-0.39, 0.29) is 23.9 Å². The van der Waals surface area contributed by atoms with Crippen LogP contribution in [-0.2, 0) is 0 Å². The van der Waals surface area contributed by atoms with Crippen LogP contribution in [0.2, 0.25) is 0 Å². The number of aryl methyl sites for hydroxylation is 2. The van der Waals surface area contributed by atoms with Gasteiger partial charge in [-0.3, -0.25) is 9.59 Å². The summed E-state index contributed by atoms with van der Waals surface area (Å²) in [5.41, 5.74) is 3.30. The Labute approximate surface area is 197 Å². The minimum absolute atomic E-state index is 0.0284. The third-order valence-electron chi connectivity index (χ3n) is 6.83. The number of amides is 2. The molecule has 4 aromatic rings. The molecule has 176 valence electrons. The number of furan rings is 1. The summed E-state index contributed by atoms with van der Waals surface area (Å²) in [4.78, 5) is 27.6. The number of benzene rings is 1. The van der Waals surface area contributed by atoms with Crippen molar-refractivity contribution >= 4 is 28.3 Å². The molecule has 0 spiro atoms. The minimum Gasteiger partial charge on any atom is -0.460 e. The number of rotatable bonds is 4. The molecule has 0 aliphatic carbocycles. The van der Waals surface area contributed by atoms with Gasteiger partial charge in [0.15, 0.2) is 5.75 Å². The van der Waals surface area contributed by atoms with Gasteiger partial charge in [-0.1, -0.05) is 0 Å².